The molecule has 0 saturated heterocycles. The molecule has 0 aliphatic carbocycles. The maximum Gasteiger partial charge on any atom is 0.227 e. The van der Waals surface area contributed by atoms with Gasteiger partial charge in [-0.3, -0.25) is 4.68 Å². The molecule has 0 unspecified atom stereocenters. The summed E-state index contributed by atoms with van der Waals surface area (Å²) in [6.07, 6.45) is 9.89. The molecule has 0 aliphatic rings. The first-order valence-corrected chi connectivity index (χ1v) is 7.54. The molecule has 18 heavy (non-hydrogen) atoms. The van der Waals surface area contributed by atoms with Crippen molar-refractivity contribution in [3.05, 3.63) is 30.4 Å². The van der Waals surface area contributed by atoms with Crippen molar-refractivity contribution in [1.29, 1.82) is 0 Å². The average Bonchev–Trinajstić information content (AvgIpc) is 2.86. The van der Waals surface area contributed by atoms with E-state index >= 15 is 0 Å². The zero-order valence-corrected chi connectivity index (χ0v) is 11.3. The van der Waals surface area contributed by atoms with Crippen LogP contribution in [0.15, 0.2) is 29.9 Å². The molecule has 7 heteroatoms. The van der Waals surface area contributed by atoms with Crippen LogP contribution in [0.25, 0.3) is 0 Å². The maximum absolute atomic E-state index is 11.5. The van der Waals surface area contributed by atoms with Gasteiger partial charge in [-0.25, -0.2) is 13.4 Å². The number of imidazole rings is 1. The second-order valence-electron chi connectivity index (χ2n) is 4.30. The molecule has 0 radical (unpaired) electrons. The number of hydrogen-bond donors (Lipinski definition) is 0. The van der Waals surface area contributed by atoms with Gasteiger partial charge in [0.25, 0.3) is 0 Å². The zero-order valence-electron chi connectivity index (χ0n) is 10.4. The Morgan fingerprint density at radius 1 is 1.39 bits per heavy atom. The van der Waals surface area contributed by atoms with Gasteiger partial charge in [-0.15, -0.1) is 0 Å². The Labute approximate surface area is 106 Å². The predicted octanol–water partition coefficient (Wildman–Crippen LogP) is 0.653. The van der Waals surface area contributed by atoms with Crippen molar-refractivity contribution in [2.24, 2.45) is 7.05 Å². The molecular formula is C11H16N4O2S. The lowest BCUT2D eigenvalue weighted by atomic mass is 10.2. The lowest BCUT2D eigenvalue weighted by Gasteiger charge is -2.05. The Morgan fingerprint density at radius 3 is 2.78 bits per heavy atom. The highest BCUT2D eigenvalue weighted by Gasteiger charge is 2.13. The number of aryl methyl sites for hydroxylation is 3. The van der Waals surface area contributed by atoms with Crippen LogP contribution in [0.3, 0.4) is 0 Å². The molecule has 0 saturated carbocycles. The monoisotopic (exact) mass is 268 g/mol. The van der Waals surface area contributed by atoms with Crippen LogP contribution < -0.4 is 0 Å². The van der Waals surface area contributed by atoms with E-state index in [9.17, 15) is 8.42 Å². The first kappa shape index (κ1) is 12.8. The lowest BCUT2D eigenvalue weighted by molar-refractivity contribution is 0.552. The fourth-order valence-corrected chi connectivity index (χ4v) is 2.68. The van der Waals surface area contributed by atoms with Crippen LogP contribution in [0.1, 0.15) is 12.0 Å². The smallest absolute Gasteiger partial charge is 0.227 e. The molecule has 98 valence electrons. The number of nitrogens with zero attached hydrogens (tertiary/aromatic N) is 4. The minimum absolute atomic E-state index is 0.133. The molecule has 0 atom stereocenters. The molecule has 0 fully saturated rings. The Kier molecular flexibility index (Phi) is 3.51. The second-order valence-corrected chi connectivity index (χ2v) is 6.21. The van der Waals surface area contributed by atoms with Crippen LogP contribution in [0.5, 0.6) is 0 Å². The molecule has 2 aromatic rings. The number of rotatable bonds is 5. The Bertz CT molecular complexity index is 627. The fourth-order valence-electron chi connectivity index (χ4n) is 1.85. The molecule has 0 bridgehead atoms. The number of aromatic nitrogens is 4. The van der Waals surface area contributed by atoms with Crippen LogP contribution in [0, 0.1) is 0 Å². The van der Waals surface area contributed by atoms with Gasteiger partial charge in [-0.05, 0) is 18.4 Å². The predicted molar refractivity (Wildman–Crippen MR) is 66.9 cm³/mol. The number of hydrogen-bond acceptors (Lipinski definition) is 4. The third-order valence-electron chi connectivity index (χ3n) is 2.63. The molecule has 2 aromatic heterocycles. The van der Waals surface area contributed by atoms with Crippen LogP contribution in [0.2, 0.25) is 0 Å². The van der Waals surface area contributed by atoms with Crippen LogP contribution in [-0.4, -0.2) is 34.0 Å². The van der Waals surface area contributed by atoms with Crippen molar-refractivity contribution < 1.29 is 8.42 Å². The quantitative estimate of drug-likeness (QED) is 0.798. The minimum atomic E-state index is -3.25. The van der Waals surface area contributed by atoms with Gasteiger partial charge < -0.3 is 4.57 Å². The van der Waals surface area contributed by atoms with E-state index in [0.717, 1.165) is 18.4 Å². The molecule has 0 N–H and O–H groups in total. The van der Waals surface area contributed by atoms with Crippen molar-refractivity contribution in [2.45, 2.75) is 24.5 Å². The second kappa shape index (κ2) is 4.93. The van der Waals surface area contributed by atoms with Crippen molar-refractivity contribution in [1.82, 2.24) is 19.3 Å². The Balaban J connectivity index is 1.97. The van der Waals surface area contributed by atoms with E-state index in [0.29, 0.717) is 6.54 Å². The average molecular weight is 268 g/mol. The SMILES string of the molecule is Cn1cc(CCCn2ccnc2S(C)(=O)=O)cn1. The summed E-state index contributed by atoms with van der Waals surface area (Å²) in [6.45, 7) is 0.636. The fraction of sp³-hybridized carbons (Fsp3) is 0.455. The van der Waals surface area contributed by atoms with Crippen LogP contribution in [0.4, 0.5) is 0 Å². The van der Waals surface area contributed by atoms with Crippen molar-refractivity contribution >= 4 is 9.84 Å². The van der Waals surface area contributed by atoms with Crippen molar-refractivity contribution in [3.8, 4) is 0 Å². The van der Waals surface area contributed by atoms with Gasteiger partial charge in [-0.1, -0.05) is 0 Å². The lowest BCUT2D eigenvalue weighted by Crippen LogP contribution is -2.09. The molecule has 2 rings (SSSR count). The maximum atomic E-state index is 11.5. The summed E-state index contributed by atoms with van der Waals surface area (Å²) >= 11 is 0. The molecule has 6 nitrogen and oxygen atoms in total. The first-order valence-electron chi connectivity index (χ1n) is 5.65. The summed E-state index contributed by atoms with van der Waals surface area (Å²) in [6, 6.07) is 0. The van der Waals surface area contributed by atoms with Gasteiger partial charge in [0.1, 0.15) is 0 Å². The minimum Gasteiger partial charge on any atom is -0.322 e. The largest absolute Gasteiger partial charge is 0.322 e. The molecule has 0 amide bonds. The summed E-state index contributed by atoms with van der Waals surface area (Å²) in [5, 5.41) is 4.22. The zero-order chi connectivity index (χ0) is 13.2. The molecule has 0 aromatic carbocycles. The molecular weight excluding hydrogens is 252 g/mol. The summed E-state index contributed by atoms with van der Waals surface area (Å²) in [5.74, 6) is 0. The number of sulfone groups is 1. The van der Waals surface area contributed by atoms with E-state index in [1.165, 1.54) is 12.5 Å². The summed E-state index contributed by atoms with van der Waals surface area (Å²) in [5.41, 5.74) is 1.15. The van der Waals surface area contributed by atoms with Gasteiger partial charge in [0.15, 0.2) is 0 Å². The molecule has 0 aliphatic heterocycles. The van der Waals surface area contributed by atoms with Gasteiger partial charge in [-0.2, -0.15) is 5.10 Å². The highest BCUT2D eigenvalue weighted by atomic mass is 32.2. The Hall–Kier alpha value is -1.63. The van der Waals surface area contributed by atoms with Crippen molar-refractivity contribution in [3.63, 3.8) is 0 Å². The standard InChI is InChI=1S/C11H16N4O2S/c1-14-9-10(8-13-14)4-3-6-15-7-5-12-11(15)18(2,16)17/h5,7-9H,3-4,6H2,1-2H3. The summed E-state index contributed by atoms with van der Waals surface area (Å²) < 4.78 is 26.3. The molecule has 2 heterocycles. The van der Waals surface area contributed by atoms with Crippen molar-refractivity contribution in [2.75, 3.05) is 6.26 Å². The van der Waals surface area contributed by atoms with Crippen LogP contribution >= 0.6 is 0 Å². The van der Waals surface area contributed by atoms with Gasteiger partial charge >= 0.3 is 0 Å². The van der Waals surface area contributed by atoms with Gasteiger partial charge in [0, 0.05) is 38.4 Å². The van der Waals surface area contributed by atoms with E-state index < -0.39 is 9.84 Å². The van der Waals surface area contributed by atoms with Gasteiger partial charge in [0.2, 0.25) is 15.0 Å². The summed E-state index contributed by atoms with van der Waals surface area (Å²) in [7, 11) is -1.37. The Morgan fingerprint density at radius 2 is 2.17 bits per heavy atom. The van der Waals surface area contributed by atoms with E-state index in [1.807, 2.05) is 19.4 Å². The van der Waals surface area contributed by atoms with E-state index in [-0.39, 0.29) is 5.16 Å². The van der Waals surface area contributed by atoms with E-state index in [4.69, 9.17) is 0 Å². The summed E-state index contributed by atoms with van der Waals surface area (Å²) in [4.78, 5) is 3.88. The van der Waals surface area contributed by atoms with E-state index in [2.05, 4.69) is 10.1 Å². The normalized spacial score (nSPS) is 11.9. The third-order valence-corrected chi connectivity index (χ3v) is 3.63. The molecule has 0 spiro atoms. The third kappa shape index (κ3) is 2.98. The van der Waals surface area contributed by atoms with E-state index in [1.54, 1.807) is 15.4 Å². The van der Waals surface area contributed by atoms with Gasteiger partial charge in [0.05, 0.1) is 6.20 Å². The topological polar surface area (TPSA) is 69.8 Å². The highest BCUT2D eigenvalue weighted by molar-refractivity contribution is 7.90. The first-order chi connectivity index (χ1) is 8.47. The highest BCUT2D eigenvalue weighted by Crippen LogP contribution is 2.08. The van der Waals surface area contributed by atoms with Crippen LogP contribution in [-0.2, 0) is 29.9 Å².